The van der Waals surface area contributed by atoms with Crippen LogP contribution >= 0.6 is 0 Å². The molecule has 1 aromatic rings. The minimum Gasteiger partial charge on any atom is -0.508 e. The van der Waals surface area contributed by atoms with Crippen LogP contribution in [0.4, 0.5) is 0 Å². The Kier molecular flexibility index (Phi) is 19.4. The fraction of sp³-hybridized carbons (Fsp3) is 0.710. The SMILES string of the molecule is CCCCCCCCCCCCCCCCCCCCCCC(=Cc1ccc(O)cc1)C(=O)O. The van der Waals surface area contributed by atoms with Crippen molar-refractivity contribution in [3.05, 3.63) is 35.4 Å². The van der Waals surface area contributed by atoms with Crippen molar-refractivity contribution in [2.45, 2.75) is 142 Å². The first-order valence-corrected chi connectivity index (χ1v) is 14.4. The van der Waals surface area contributed by atoms with E-state index in [4.69, 9.17) is 0 Å². The first-order valence-electron chi connectivity index (χ1n) is 14.4. The van der Waals surface area contributed by atoms with E-state index in [9.17, 15) is 15.0 Å². The van der Waals surface area contributed by atoms with Crippen LogP contribution in [-0.4, -0.2) is 16.2 Å². The molecule has 0 heterocycles. The molecular formula is C31H52O3. The van der Waals surface area contributed by atoms with E-state index in [0.717, 1.165) is 18.4 Å². The number of carbonyl (C=O) groups is 1. The Morgan fingerprint density at radius 3 is 1.32 bits per heavy atom. The number of phenolic OH excluding ortho intramolecular Hbond substituents is 1. The fourth-order valence-corrected chi connectivity index (χ4v) is 4.58. The number of aromatic hydroxyl groups is 1. The van der Waals surface area contributed by atoms with Crippen LogP contribution in [-0.2, 0) is 4.79 Å². The van der Waals surface area contributed by atoms with Crippen molar-refractivity contribution in [2.75, 3.05) is 0 Å². The van der Waals surface area contributed by atoms with E-state index in [-0.39, 0.29) is 5.75 Å². The van der Waals surface area contributed by atoms with Crippen molar-refractivity contribution in [3.8, 4) is 5.75 Å². The molecule has 1 aromatic carbocycles. The van der Waals surface area contributed by atoms with Crippen LogP contribution in [0.1, 0.15) is 147 Å². The van der Waals surface area contributed by atoms with E-state index in [2.05, 4.69) is 6.92 Å². The predicted octanol–water partition coefficient (Wildman–Crippen LogP) is 10.1. The number of hydrogen-bond acceptors (Lipinski definition) is 2. The number of hydrogen-bond donors (Lipinski definition) is 2. The second-order valence-electron chi connectivity index (χ2n) is 10.0. The number of carboxylic acids is 1. The normalized spacial score (nSPS) is 11.7. The Hall–Kier alpha value is -1.77. The summed E-state index contributed by atoms with van der Waals surface area (Å²) in [7, 11) is 0. The van der Waals surface area contributed by atoms with Gasteiger partial charge in [0.15, 0.2) is 0 Å². The topological polar surface area (TPSA) is 57.5 Å². The quantitative estimate of drug-likeness (QED) is 0.123. The average molecular weight is 473 g/mol. The van der Waals surface area contributed by atoms with Crippen LogP contribution in [0.5, 0.6) is 5.75 Å². The van der Waals surface area contributed by atoms with Gasteiger partial charge in [-0.2, -0.15) is 0 Å². The molecule has 0 spiro atoms. The molecule has 0 bridgehead atoms. The van der Waals surface area contributed by atoms with Crippen LogP contribution in [0, 0.1) is 0 Å². The van der Waals surface area contributed by atoms with Gasteiger partial charge in [0, 0.05) is 5.57 Å². The number of aliphatic carboxylic acids is 1. The molecule has 0 fully saturated rings. The highest BCUT2D eigenvalue weighted by Gasteiger charge is 2.07. The lowest BCUT2D eigenvalue weighted by molar-refractivity contribution is -0.132. The summed E-state index contributed by atoms with van der Waals surface area (Å²) >= 11 is 0. The van der Waals surface area contributed by atoms with Crippen molar-refractivity contribution in [1.82, 2.24) is 0 Å². The fourth-order valence-electron chi connectivity index (χ4n) is 4.58. The standard InChI is InChI=1S/C31H52O3/c1-2-3-4-5-6-7-8-9-10-11-12-13-14-15-16-17-18-19-20-21-22-29(31(33)34)27-28-23-25-30(32)26-24-28/h23-27,32H,2-22H2,1H3,(H,33,34). The number of phenols is 1. The van der Waals surface area contributed by atoms with E-state index in [1.165, 1.54) is 116 Å². The Morgan fingerprint density at radius 2 is 0.971 bits per heavy atom. The minimum atomic E-state index is -0.842. The zero-order valence-corrected chi connectivity index (χ0v) is 22.0. The molecule has 0 aliphatic heterocycles. The molecule has 3 nitrogen and oxygen atoms in total. The summed E-state index contributed by atoms with van der Waals surface area (Å²) in [6, 6.07) is 6.66. The van der Waals surface area contributed by atoms with Gasteiger partial charge in [-0.25, -0.2) is 4.79 Å². The summed E-state index contributed by atoms with van der Waals surface area (Å²) in [4.78, 5) is 11.5. The lowest BCUT2D eigenvalue weighted by atomic mass is 10.0. The highest BCUT2D eigenvalue weighted by atomic mass is 16.4. The average Bonchev–Trinajstić information content (AvgIpc) is 2.83. The van der Waals surface area contributed by atoms with Crippen LogP contribution in [0.15, 0.2) is 29.8 Å². The first-order chi connectivity index (χ1) is 16.6. The Morgan fingerprint density at radius 1 is 0.618 bits per heavy atom. The number of carboxylic acid groups (broad SMARTS) is 1. The third kappa shape index (κ3) is 17.7. The third-order valence-corrected chi connectivity index (χ3v) is 6.81. The van der Waals surface area contributed by atoms with Crippen molar-refractivity contribution in [3.63, 3.8) is 0 Å². The smallest absolute Gasteiger partial charge is 0.331 e. The van der Waals surface area contributed by atoms with Gasteiger partial charge in [-0.15, -0.1) is 0 Å². The van der Waals surface area contributed by atoms with Gasteiger partial charge in [0.2, 0.25) is 0 Å². The zero-order valence-electron chi connectivity index (χ0n) is 22.0. The van der Waals surface area contributed by atoms with Crippen molar-refractivity contribution in [2.24, 2.45) is 0 Å². The third-order valence-electron chi connectivity index (χ3n) is 6.81. The highest BCUT2D eigenvalue weighted by molar-refractivity contribution is 5.92. The van der Waals surface area contributed by atoms with Crippen LogP contribution in [0.3, 0.4) is 0 Å². The highest BCUT2D eigenvalue weighted by Crippen LogP contribution is 2.18. The molecular weight excluding hydrogens is 420 g/mol. The van der Waals surface area contributed by atoms with E-state index in [0.29, 0.717) is 12.0 Å². The molecule has 194 valence electrons. The first kappa shape index (κ1) is 30.3. The van der Waals surface area contributed by atoms with Crippen molar-refractivity contribution >= 4 is 12.0 Å². The summed E-state index contributed by atoms with van der Waals surface area (Å²) in [6.45, 7) is 2.28. The predicted molar refractivity (Wildman–Crippen MR) is 146 cm³/mol. The Bertz CT molecular complexity index is 633. The molecule has 0 aliphatic rings. The van der Waals surface area contributed by atoms with Gasteiger partial charge >= 0.3 is 5.97 Å². The monoisotopic (exact) mass is 472 g/mol. The summed E-state index contributed by atoms with van der Waals surface area (Å²) < 4.78 is 0. The molecule has 0 atom stereocenters. The molecule has 34 heavy (non-hydrogen) atoms. The van der Waals surface area contributed by atoms with E-state index < -0.39 is 5.97 Å². The molecule has 0 radical (unpaired) electrons. The van der Waals surface area contributed by atoms with Crippen LogP contribution in [0.25, 0.3) is 6.08 Å². The van der Waals surface area contributed by atoms with Gasteiger partial charge in [-0.3, -0.25) is 0 Å². The van der Waals surface area contributed by atoms with Gasteiger partial charge in [-0.05, 0) is 36.6 Å². The molecule has 0 aliphatic carbocycles. The molecule has 1 rings (SSSR count). The number of unbranched alkanes of at least 4 members (excludes halogenated alkanes) is 19. The van der Waals surface area contributed by atoms with Gasteiger partial charge in [0.25, 0.3) is 0 Å². The van der Waals surface area contributed by atoms with Crippen molar-refractivity contribution < 1.29 is 15.0 Å². The largest absolute Gasteiger partial charge is 0.508 e. The summed E-state index contributed by atoms with van der Waals surface area (Å²) in [5.41, 5.74) is 1.27. The maximum atomic E-state index is 11.5. The Balaban J connectivity index is 1.87. The number of rotatable bonds is 23. The van der Waals surface area contributed by atoms with E-state index in [1.807, 2.05) is 0 Å². The van der Waals surface area contributed by atoms with Gasteiger partial charge in [0.05, 0.1) is 0 Å². The second-order valence-corrected chi connectivity index (χ2v) is 10.0. The van der Waals surface area contributed by atoms with Crippen LogP contribution < -0.4 is 0 Å². The van der Waals surface area contributed by atoms with Crippen molar-refractivity contribution in [1.29, 1.82) is 0 Å². The molecule has 0 aromatic heterocycles. The minimum absolute atomic E-state index is 0.197. The van der Waals surface area contributed by atoms with Crippen LogP contribution in [0.2, 0.25) is 0 Å². The number of benzene rings is 1. The molecule has 0 saturated heterocycles. The zero-order chi connectivity index (χ0) is 24.7. The molecule has 2 N–H and O–H groups in total. The van der Waals surface area contributed by atoms with E-state index >= 15 is 0 Å². The second kappa shape index (κ2) is 21.7. The Labute approximate surface area is 210 Å². The summed E-state index contributed by atoms with van der Waals surface area (Å²) in [5, 5.41) is 18.8. The van der Waals surface area contributed by atoms with Gasteiger partial charge in [0.1, 0.15) is 5.75 Å². The molecule has 0 unspecified atom stereocenters. The molecule has 3 heteroatoms. The lowest BCUT2D eigenvalue weighted by Gasteiger charge is -2.05. The molecule has 0 saturated carbocycles. The maximum absolute atomic E-state index is 11.5. The lowest BCUT2D eigenvalue weighted by Crippen LogP contribution is -2.00. The summed E-state index contributed by atoms with van der Waals surface area (Å²) in [6.07, 6.45) is 29.3. The van der Waals surface area contributed by atoms with E-state index in [1.54, 1.807) is 30.3 Å². The summed E-state index contributed by atoms with van der Waals surface area (Å²) in [5.74, 6) is -0.644. The van der Waals surface area contributed by atoms with Gasteiger partial charge < -0.3 is 10.2 Å². The molecule has 0 amide bonds. The maximum Gasteiger partial charge on any atom is 0.331 e. The van der Waals surface area contributed by atoms with Gasteiger partial charge in [-0.1, -0.05) is 141 Å².